The molecule has 1 atom stereocenters. The molecule has 0 spiro atoms. The summed E-state index contributed by atoms with van der Waals surface area (Å²) in [6.07, 6.45) is 0.628. The van der Waals surface area contributed by atoms with Crippen LogP contribution in [0.1, 0.15) is 48.0 Å². The third-order valence-electron chi connectivity index (χ3n) is 4.85. The normalized spacial score (nSPS) is 35.6. The van der Waals surface area contributed by atoms with Gasteiger partial charge >= 0.3 is 0 Å². The van der Waals surface area contributed by atoms with Gasteiger partial charge in [0, 0.05) is 16.5 Å². The van der Waals surface area contributed by atoms with Gasteiger partial charge in [0.25, 0.3) is 0 Å². The van der Waals surface area contributed by atoms with E-state index in [1.54, 1.807) is 0 Å². The van der Waals surface area contributed by atoms with Crippen molar-refractivity contribution < 1.29 is 5.11 Å². The SMILES string of the molecule is CN1C(C)(C)CC(O)C(C)(C)C1(C)C. The Hall–Kier alpha value is -0.0800. The summed E-state index contributed by atoms with van der Waals surface area (Å²) in [7, 11) is 2.16. The Labute approximate surface area is 88.3 Å². The van der Waals surface area contributed by atoms with E-state index in [0.717, 1.165) is 6.42 Å². The lowest BCUT2D eigenvalue weighted by atomic mass is 9.62. The maximum atomic E-state index is 10.2. The highest BCUT2D eigenvalue weighted by Crippen LogP contribution is 2.48. The molecule has 0 aromatic heterocycles. The second-order valence-electron chi connectivity index (χ2n) is 6.37. The van der Waals surface area contributed by atoms with Gasteiger partial charge in [0.2, 0.25) is 0 Å². The average molecular weight is 199 g/mol. The van der Waals surface area contributed by atoms with Gasteiger partial charge in [-0.05, 0) is 41.2 Å². The number of hydrogen-bond acceptors (Lipinski definition) is 2. The van der Waals surface area contributed by atoms with Gasteiger partial charge < -0.3 is 5.11 Å². The molecular weight excluding hydrogens is 174 g/mol. The van der Waals surface area contributed by atoms with Gasteiger partial charge in [-0.25, -0.2) is 0 Å². The number of aliphatic hydroxyl groups excluding tert-OH is 1. The molecule has 0 bridgehead atoms. The first kappa shape index (κ1) is 12.0. The average Bonchev–Trinajstić information content (AvgIpc) is 1.99. The maximum absolute atomic E-state index is 10.2. The third-order valence-corrected chi connectivity index (χ3v) is 4.85. The van der Waals surface area contributed by atoms with Crippen LogP contribution >= 0.6 is 0 Å². The van der Waals surface area contributed by atoms with Crippen LogP contribution in [0.15, 0.2) is 0 Å². The smallest absolute Gasteiger partial charge is 0.0626 e. The summed E-state index contributed by atoms with van der Waals surface area (Å²) in [4.78, 5) is 2.40. The molecule has 1 rings (SSSR count). The zero-order valence-corrected chi connectivity index (χ0v) is 10.7. The first-order valence-corrected chi connectivity index (χ1v) is 5.45. The monoisotopic (exact) mass is 199 g/mol. The Bertz CT molecular complexity index is 230. The summed E-state index contributed by atoms with van der Waals surface area (Å²) < 4.78 is 0. The van der Waals surface area contributed by atoms with Crippen LogP contribution in [0.4, 0.5) is 0 Å². The van der Waals surface area contributed by atoms with Crippen molar-refractivity contribution in [2.45, 2.75) is 65.1 Å². The Kier molecular flexibility index (Phi) is 2.53. The minimum atomic E-state index is -0.219. The largest absolute Gasteiger partial charge is 0.392 e. The van der Waals surface area contributed by atoms with Crippen LogP contribution < -0.4 is 0 Å². The predicted octanol–water partition coefficient (Wildman–Crippen LogP) is 2.27. The second-order valence-corrected chi connectivity index (χ2v) is 6.37. The van der Waals surface area contributed by atoms with E-state index in [-0.39, 0.29) is 22.6 Å². The molecule has 0 saturated carbocycles. The van der Waals surface area contributed by atoms with E-state index >= 15 is 0 Å². The van der Waals surface area contributed by atoms with E-state index in [0.29, 0.717) is 0 Å². The Morgan fingerprint density at radius 2 is 1.50 bits per heavy atom. The number of piperidine rings is 1. The van der Waals surface area contributed by atoms with Crippen molar-refractivity contribution in [2.75, 3.05) is 7.05 Å². The van der Waals surface area contributed by atoms with E-state index in [9.17, 15) is 5.11 Å². The predicted molar refractivity (Wildman–Crippen MR) is 60.3 cm³/mol. The third kappa shape index (κ3) is 1.40. The van der Waals surface area contributed by atoms with Crippen LogP contribution in [0.25, 0.3) is 0 Å². The number of hydrogen-bond donors (Lipinski definition) is 1. The topological polar surface area (TPSA) is 23.5 Å². The molecule has 0 aliphatic carbocycles. The van der Waals surface area contributed by atoms with Gasteiger partial charge in [0.1, 0.15) is 0 Å². The van der Waals surface area contributed by atoms with Gasteiger partial charge in [0.15, 0.2) is 0 Å². The van der Waals surface area contributed by atoms with Crippen LogP contribution in [0.2, 0.25) is 0 Å². The van der Waals surface area contributed by atoms with Gasteiger partial charge in [-0.1, -0.05) is 13.8 Å². The number of aliphatic hydroxyl groups is 1. The minimum Gasteiger partial charge on any atom is -0.392 e. The molecule has 2 heteroatoms. The van der Waals surface area contributed by atoms with Crippen molar-refractivity contribution in [1.82, 2.24) is 4.90 Å². The zero-order chi connectivity index (χ0) is 11.4. The second kappa shape index (κ2) is 2.96. The fourth-order valence-electron chi connectivity index (χ4n) is 2.46. The molecule has 2 nitrogen and oxygen atoms in total. The highest BCUT2D eigenvalue weighted by atomic mass is 16.3. The fraction of sp³-hybridized carbons (Fsp3) is 1.00. The molecule has 1 unspecified atom stereocenters. The highest BCUT2D eigenvalue weighted by molar-refractivity contribution is 5.08. The van der Waals surface area contributed by atoms with Crippen LogP contribution in [-0.2, 0) is 0 Å². The van der Waals surface area contributed by atoms with Crippen LogP contribution in [0, 0.1) is 5.41 Å². The molecule has 1 fully saturated rings. The summed E-state index contributed by atoms with van der Waals surface area (Å²) >= 11 is 0. The van der Waals surface area contributed by atoms with Gasteiger partial charge in [-0.3, -0.25) is 4.90 Å². The van der Waals surface area contributed by atoms with Crippen molar-refractivity contribution in [3.8, 4) is 0 Å². The summed E-state index contributed by atoms with van der Waals surface area (Å²) in [6, 6.07) is 0. The summed E-state index contributed by atoms with van der Waals surface area (Å²) in [6.45, 7) is 13.2. The number of likely N-dealkylation sites (tertiary alicyclic amines) is 1. The molecule has 1 aliphatic heterocycles. The molecule has 1 N–H and O–H groups in total. The maximum Gasteiger partial charge on any atom is 0.0626 e. The molecule has 14 heavy (non-hydrogen) atoms. The van der Waals surface area contributed by atoms with Crippen LogP contribution in [0.3, 0.4) is 0 Å². The molecule has 1 saturated heterocycles. The van der Waals surface area contributed by atoms with Gasteiger partial charge in [-0.2, -0.15) is 0 Å². The Morgan fingerprint density at radius 1 is 1.07 bits per heavy atom. The fourth-order valence-corrected chi connectivity index (χ4v) is 2.46. The molecule has 1 aliphatic rings. The lowest BCUT2D eigenvalue weighted by Crippen LogP contribution is -2.68. The van der Waals surface area contributed by atoms with Crippen molar-refractivity contribution in [2.24, 2.45) is 5.41 Å². The summed E-state index contributed by atoms with van der Waals surface area (Å²) in [5, 5.41) is 10.2. The minimum absolute atomic E-state index is 0.0220. The Balaban J connectivity index is 3.12. The molecule has 0 aromatic rings. The van der Waals surface area contributed by atoms with Crippen molar-refractivity contribution in [3.63, 3.8) is 0 Å². The first-order chi connectivity index (χ1) is 6.03. The molecule has 1 heterocycles. The molecular formula is C12H25NO. The van der Waals surface area contributed by atoms with Crippen LogP contribution in [0.5, 0.6) is 0 Å². The molecule has 0 radical (unpaired) electrons. The number of rotatable bonds is 0. The first-order valence-electron chi connectivity index (χ1n) is 5.45. The van der Waals surface area contributed by atoms with Gasteiger partial charge in [0.05, 0.1) is 6.10 Å². The Morgan fingerprint density at radius 3 is 1.93 bits per heavy atom. The highest BCUT2D eigenvalue weighted by Gasteiger charge is 2.54. The molecule has 0 amide bonds. The standard InChI is InChI=1S/C12H25NO/c1-10(2)8-9(14)11(3,4)12(5,6)13(10)7/h9,14H,8H2,1-7H3. The van der Waals surface area contributed by atoms with Crippen LogP contribution in [-0.4, -0.2) is 34.2 Å². The van der Waals surface area contributed by atoms with E-state index in [4.69, 9.17) is 0 Å². The van der Waals surface area contributed by atoms with Gasteiger partial charge in [-0.15, -0.1) is 0 Å². The van der Waals surface area contributed by atoms with E-state index in [1.165, 1.54) is 0 Å². The molecule has 0 aromatic carbocycles. The zero-order valence-electron chi connectivity index (χ0n) is 10.7. The number of nitrogens with zero attached hydrogens (tertiary/aromatic N) is 1. The summed E-state index contributed by atoms with van der Waals surface area (Å²) in [5.41, 5.74) is 0.0455. The van der Waals surface area contributed by atoms with Crippen molar-refractivity contribution >= 4 is 0 Å². The van der Waals surface area contributed by atoms with Crippen molar-refractivity contribution in [3.05, 3.63) is 0 Å². The quantitative estimate of drug-likeness (QED) is 0.647. The van der Waals surface area contributed by atoms with Crippen molar-refractivity contribution in [1.29, 1.82) is 0 Å². The van der Waals surface area contributed by atoms with E-state index in [2.05, 4.69) is 53.5 Å². The molecule has 84 valence electrons. The summed E-state index contributed by atoms with van der Waals surface area (Å²) in [5.74, 6) is 0. The van der Waals surface area contributed by atoms with E-state index < -0.39 is 0 Å². The van der Waals surface area contributed by atoms with E-state index in [1.807, 2.05) is 0 Å². The lowest BCUT2D eigenvalue weighted by molar-refractivity contribution is -0.155. The lowest BCUT2D eigenvalue weighted by Gasteiger charge is -2.61.